The summed E-state index contributed by atoms with van der Waals surface area (Å²) in [6.45, 7) is 0.433. The van der Waals surface area contributed by atoms with Crippen molar-refractivity contribution in [3.63, 3.8) is 0 Å². The van der Waals surface area contributed by atoms with E-state index in [4.69, 9.17) is 0 Å². The van der Waals surface area contributed by atoms with Crippen LogP contribution in [-0.2, 0) is 13.6 Å². The topological polar surface area (TPSA) is 72.7 Å². The summed E-state index contributed by atoms with van der Waals surface area (Å²) in [7, 11) is 1.51. The number of imidazole rings is 1. The molecule has 0 aliphatic heterocycles. The third kappa shape index (κ3) is 2.91. The highest BCUT2D eigenvalue weighted by molar-refractivity contribution is 5.69. The molecule has 0 amide bonds. The Hall–Kier alpha value is -2.06. The second kappa shape index (κ2) is 5.54. The van der Waals surface area contributed by atoms with E-state index in [0.29, 0.717) is 19.4 Å². The van der Waals surface area contributed by atoms with Crippen LogP contribution < -0.4 is 11.2 Å². The monoisotopic (exact) mass is 330 g/mol. The van der Waals surface area contributed by atoms with E-state index in [1.54, 1.807) is 4.57 Å². The third-order valence-electron chi connectivity index (χ3n) is 4.64. The van der Waals surface area contributed by atoms with Crippen LogP contribution >= 0.6 is 0 Å². The van der Waals surface area contributed by atoms with Crippen molar-refractivity contribution in [2.45, 2.75) is 38.4 Å². The van der Waals surface area contributed by atoms with Crippen molar-refractivity contribution in [1.29, 1.82) is 0 Å². The zero-order chi connectivity index (χ0) is 16.8. The summed E-state index contributed by atoms with van der Waals surface area (Å²) in [5, 5.41) is 0. The Morgan fingerprint density at radius 3 is 2.52 bits per heavy atom. The summed E-state index contributed by atoms with van der Waals surface area (Å²) in [6, 6.07) is 0. The van der Waals surface area contributed by atoms with Crippen molar-refractivity contribution < 1.29 is 13.2 Å². The summed E-state index contributed by atoms with van der Waals surface area (Å²) in [5.74, 6) is -1.15. The second-order valence-corrected chi connectivity index (χ2v) is 6.15. The molecule has 9 heteroatoms. The fourth-order valence-corrected chi connectivity index (χ4v) is 3.27. The van der Waals surface area contributed by atoms with Crippen LogP contribution in [0.1, 0.15) is 25.7 Å². The first-order chi connectivity index (χ1) is 10.8. The van der Waals surface area contributed by atoms with Crippen molar-refractivity contribution >= 4 is 11.2 Å². The molecule has 2 aromatic rings. The maximum absolute atomic E-state index is 12.7. The number of fused-ring (bicyclic) bond motifs is 1. The Morgan fingerprint density at radius 2 is 1.91 bits per heavy atom. The first-order valence-corrected chi connectivity index (χ1v) is 7.48. The molecular formula is C14H17F3N4O2. The van der Waals surface area contributed by atoms with Crippen molar-refractivity contribution in [3.8, 4) is 0 Å². The summed E-state index contributed by atoms with van der Waals surface area (Å²) in [4.78, 5) is 29.8. The standard InChI is InChI=1S/C14H17F3N4O2/c1-20-11-10(12(22)19-13(20)23)21(7-18-11)6-8-2-4-9(5-3-8)14(15,16)17/h7-9H,2-6H2,1H3,(H,19,22,23)/t8-,9-. The highest BCUT2D eigenvalue weighted by atomic mass is 19.4. The first-order valence-electron chi connectivity index (χ1n) is 7.48. The first kappa shape index (κ1) is 15.8. The van der Waals surface area contributed by atoms with Crippen LogP contribution in [0.25, 0.3) is 11.2 Å². The number of halogens is 3. The van der Waals surface area contributed by atoms with E-state index in [0.717, 1.165) is 0 Å². The van der Waals surface area contributed by atoms with Gasteiger partial charge in [0.2, 0.25) is 0 Å². The maximum Gasteiger partial charge on any atom is 0.391 e. The summed E-state index contributed by atoms with van der Waals surface area (Å²) in [5.41, 5.74) is -0.504. The molecule has 3 rings (SSSR count). The molecule has 23 heavy (non-hydrogen) atoms. The lowest BCUT2D eigenvalue weighted by Gasteiger charge is -2.30. The number of aromatic amines is 1. The van der Waals surface area contributed by atoms with Gasteiger partial charge in [-0.05, 0) is 31.6 Å². The molecule has 126 valence electrons. The van der Waals surface area contributed by atoms with Gasteiger partial charge < -0.3 is 4.57 Å². The number of alkyl halides is 3. The van der Waals surface area contributed by atoms with Crippen molar-refractivity contribution in [2.75, 3.05) is 0 Å². The zero-order valence-electron chi connectivity index (χ0n) is 12.6. The molecule has 6 nitrogen and oxygen atoms in total. The Kier molecular flexibility index (Phi) is 3.81. The Labute approximate surface area is 128 Å². The van der Waals surface area contributed by atoms with Gasteiger partial charge in [-0.2, -0.15) is 13.2 Å². The SMILES string of the molecule is Cn1c(=O)[nH]c(=O)c2c1ncn2C[C@H]1CC[C@H](C(F)(F)F)CC1. The second-order valence-electron chi connectivity index (χ2n) is 6.15. The predicted octanol–water partition coefficient (Wildman–Crippen LogP) is 1.79. The van der Waals surface area contributed by atoms with Crippen LogP contribution in [-0.4, -0.2) is 25.3 Å². The number of H-pyrrole nitrogens is 1. The Bertz CT molecular complexity index is 825. The van der Waals surface area contributed by atoms with Gasteiger partial charge in [0.25, 0.3) is 5.56 Å². The van der Waals surface area contributed by atoms with Crippen molar-refractivity contribution in [3.05, 3.63) is 27.2 Å². The molecular weight excluding hydrogens is 313 g/mol. The molecule has 0 saturated heterocycles. The van der Waals surface area contributed by atoms with E-state index in [1.165, 1.54) is 17.9 Å². The third-order valence-corrected chi connectivity index (χ3v) is 4.64. The van der Waals surface area contributed by atoms with E-state index in [1.807, 2.05) is 0 Å². The fraction of sp³-hybridized carbons (Fsp3) is 0.643. The summed E-state index contributed by atoms with van der Waals surface area (Å²) < 4.78 is 41.0. The van der Waals surface area contributed by atoms with Gasteiger partial charge in [0.15, 0.2) is 11.2 Å². The van der Waals surface area contributed by atoms with Gasteiger partial charge in [0.05, 0.1) is 12.2 Å². The minimum atomic E-state index is -4.12. The highest BCUT2D eigenvalue weighted by Gasteiger charge is 2.41. The number of nitrogens with zero attached hydrogens (tertiary/aromatic N) is 3. The van der Waals surface area contributed by atoms with Crippen LogP contribution in [0.5, 0.6) is 0 Å². The fourth-order valence-electron chi connectivity index (χ4n) is 3.27. The molecule has 1 N–H and O–H groups in total. The predicted molar refractivity (Wildman–Crippen MR) is 77.1 cm³/mol. The van der Waals surface area contributed by atoms with Crippen molar-refractivity contribution in [1.82, 2.24) is 19.1 Å². The molecule has 1 saturated carbocycles. The number of aromatic nitrogens is 4. The van der Waals surface area contributed by atoms with Crippen LogP contribution in [0.3, 0.4) is 0 Å². The van der Waals surface area contributed by atoms with Gasteiger partial charge in [-0.3, -0.25) is 14.3 Å². The number of rotatable bonds is 2. The van der Waals surface area contributed by atoms with Gasteiger partial charge in [-0.1, -0.05) is 0 Å². The minimum Gasteiger partial charge on any atom is -0.324 e. The molecule has 1 fully saturated rings. The molecule has 2 heterocycles. The number of hydrogen-bond acceptors (Lipinski definition) is 3. The van der Waals surface area contributed by atoms with Crippen molar-refractivity contribution in [2.24, 2.45) is 18.9 Å². The van der Waals surface area contributed by atoms with E-state index < -0.39 is 23.3 Å². The molecule has 0 radical (unpaired) electrons. The number of aryl methyl sites for hydroxylation is 1. The summed E-state index contributed by atoms with van der Waals surface area (Å²) >= 11 is 0. The molecule has 0 unspecified atom stereocenters. The summed E-state index contributed by atoms with van der Waals surface area (Å²) in [6.07, 6.45) is -1.48. The molecule has 2 aromatic heterocycles. The normalized spacial score (nSPS) is 22.6. The molecule has 0 bridgehead atoms. The lowest BCUT2D eigenvalue weighted by atomic mass is 9.81. The maximum atomic E-state index is 12.7. The number of hydrogen-bond donors (Lipinski definition) is 1. The Balaban J connectivity index is 1.80. The smallest absolute Gasteiger partial charge is 0.324 e. The lowest BCUT2D eigenvalue weighted by molar-refractivity contribution is -0.184. The van der Waals surface area contributed by atoms with E-state index in [9.17, 15) is 22.8 Å². The zero-order valence-corrected chi connectivity index (χ0v) is 12.6. The quantitative estimate of drug-likeness (QED) is 0.912. The van der Waals surface area contributed by atoms with Crippen LogP contribution in [0, 0.1) is 11.8 Å². The minimum absolute atomic E-state index is 0.0719. The van der Waals surface area contributed by atoms with Gasteiger partial charge in [-0.15, -0.1) is 0 Å². The van der Waals surface area contributed by atoms with E-state index >= 15 is 0 Å². The van der Waals surface area contributed by atoms with E-state index in [2.05, 4.69) is 9.97 Å². The molecule has 1 aliphatic carbocycles. The van der Waals surface area contributed by atoms with Gasteiger partial charge in [-0.25, -0.2) is 9.78 Å². The number of nitrogens with one attached hydrogen (secondary N) is 1. The van der Waals surface area contributed by atoms with Gasteiger partial charge in [0, 0.05) is 13.6 Å². The van der Waals surface area contributed by atoms with Crippen LogP contribution in [0.2, 0.25) is 0 Å². The molecule has 0 aromatic carbocycles. The molecule has 0 spiro atoms. The van der Waals surface area contributed by atoms with E-state index in [-0.39, 0.29) is 29.9 Å². The largest absolute Gasteiger partial charge is 0.391 e. The average molecular weight is 330 g/mol. The highest BCUT2D eigenvalue weighted by Crippen LogP contribution is 2.39. The Morgan fingerprint density at radius 1 is 1.26 bits per heavy atom. The molecule has 1 aliphatic rings. The van der Waals surface area contributed by atoms with Crippen LogP contribution in [0.15, 0.2) is 15.9 Å². The van der Waals surface area contributed by atoms with Gasteiger partial charge in [0.1, 0.15) is 0 Å². The van der Waals surface area contributed by atoms with Gasteiger partial charge >= 0.3 is 11.9 Å². The lowest BCUT2D eigenvalue weighted by Crippen LogP contribution is -2.31. The van der Waals surface area contributed by atoms with Crippen LogP contribution in [0.4, 0.5) is 13.2 Å². The molecule has 0 atom stereocenters. The average Bonchev–Trinajstić information content (AvgIpc) is 2.89.